The molecular formula is C21H19N3O4S2. The normalized spacial score (nSPS) is 10.8. The first-order valence-corrected chi connectivity index (χ1v) is 10.6. The van der Waals surface area contributed by atoms with Gasteiger partial charge in [-0.25, -0.2) is 4.98 Å². The molecular weight excluding hydrogens is 422 g/mol. The van der Waals surface area contributed by atoms with E-state index in [2.05, 4.69) is 10.3 Å². The van der Waals surface area contributed by atoms with Gasteiger partial charge in [-0.2, -0.15) is 0 Å². The molecule has 0 saturated carbocycles. The fraction of sp³-hybridized carbons (Fsp3) is 0.143. The first kappa shape index (κ1) is 20.0. The fourth-order valence-electron chi connectivity index (χ4n) is 3.07. The van der Waals surface area contributed by atoms with Gasteiger partial charge in [0.1, 0.15) is 9.71 Å². The smallest absolute Gasteiger partial charge is 0.267 e. The molecule has 0 saturated heterocycles. The monoisotopic (exact) mass is 441 g/mol. The molecule has 0 fully saturated rings. The predicted octanol–water partition coefficient (Wildman–Crippen LogP) is 4.89. The predicted molar refractivity (Wildman–Crippen MR) is 121 cm³/mol. The van der Waals surface area contributed by atoms with Crippen molar-refractivity contribution >= 4 is 50.2 Å². The van der Waals surface area contributed by atoms with Crippen LogP contribution >= 0.6 is 22.7 Å². The van der Waals surface area contributed by atoms with E-state index in [-0.39, 0.29) is 5.91 Å². The summed E-state index contributed by atoms with van der Waals surface area (Å²) in [6.07, 6.45) is 0. The van der Waals surface area contributed by atoms with E-state index in [0.29, 0.717) is 38.3 Å². The molecule has 3 heterocycles. The number of hydrogen-bond donors (Lipinski definition) is 2. The first-order chi connectivity index (χ1) is 14.5. The molecule has 0 spiro atoms. The Labute approximate surface area is 181 Å². The Kier molecular flexibility index (Phi) is 5.47. The number of hydrogen-bond acceptors (Lipinski definition) is 8. The molecule has 7 nitrogen and oxygen atoms in total. The Bertz CT molecular complexity index is 1190. The Hall–Kier alpha value is -3.30. The van der Waals surface area contributed by atoms with E-state index in [4.69, 9.17) is 19.9 Å². The number of methoxy groups -OCH3 is 3. The molecule has 0 aliphatic heterocycles. The molecule has 9 heteroatoms. The van der Waals surface area contributed by atoms with Gasteiger partial charge in [-0.3, -0.25) is 4.79 Å². The van der Waals surface area contributed by atoms with Gasteiger partial charge in [-0.1, -0.05) is 6.07 Å². The number of nitrogens with zero attached hydrogens (tertiary/aromatic N) is 1. The second-order valence-corrected chi connectivity index (χ2v) is 8.19. The Morgan fingerprint density at radius 2 is 1.80 bits per heavy atom. The van der Waals surface area contributed by atoms with Gasteiger partial charge in [-0.15, -0.1) is 22.7 Å². The quantitative estimate of drug-likeness (QED) is 0.443. The highest BCUT2D eigenvalue weighted by Gasteiger charge is 2.20. The largest absolute Gasteiger partial charge is 0.493 e. The zero-order valence-corrected chi connectivity index (χ0v) is 18.1. The van der Waals surface area contributed by atoms with E-state index in [1.165, 1.54) is 32.7 Å². The summed E-state index contributed by atoms with van der Waals surface area (Å²) in [6, 6.07) is 11.1. The third-order valence-corrected chi connectivity index (χ3v) is 6.50. The molecule has 3 aromatic heterocycles. The molecule has 0 aliphatic rings. The van der Waals surface area contributed by atoms with Crippen LogP contribution in [0.15, 0.2) is 41.8 Å². The van der Waals surface area contributed by atoms with Crippen LogP contribution in [0.5, 0.6) is 17.2 Å². The van der Waals surface area contributed by atoms with Gasteiger partial charge in [0.2, 0.25) is 5.75 Å². The van der Waals surface area contributed by atoms with Crippen LogP contribution in [-0.4, -0.2) is 32.2 Å². The number of carbonyl (C=O) groups is 1. The van der Waals surface area contributed by atoms with Crippen molar-refractivity contribution in [3.05, 3.63) is 46.7 Å². The van der Waals surface area contributed by atoms with E-state index < -0.39 is 0 Å². The number of fused-ring (bicyclic) bond motifs is 1. The van der Waals surface area contributed by atoms with Crippen molar-refractivity contribution in [3.63, 3.8) is 0 Å². The summed E-state index contributed by atoms with van der Waals surface area (Å²) >= 11 is 2.87. The van der Waals surface area contributed by atoms with Crippen molar-refractivity contribution in [1.29, 1.82) is 0 Å². The Morgan fingerprint density at radius 3 is 2.40 bits per heavy atom. The molecule has 0 radical (unpaired) electrons. The first-order valence-electron chi connectivity index (χ1n) is 8.90. The third kappa shape index (κ3) is 3.53. The summed E-state index contributed by atoms with van der Waals surface area (Å²) in [6.45, 7) is 0. The lowest BCUT2D eigenvalue weighted by molar-refractivity contribution is 0.103. The van der Waals surface area contributed by atoms with Crippen molar-refractivity contribution < 1.29 is 19.0 Å². The van der Waals surface area contributed by atoms with Crippen molar-refractivity contribution in [3.8, 4) is 27.8 Å². The summed E-state index contributed by atoms with van der Waals surface area (Å²) in [5, 5.41) is 5.61. The van der Waals surface area contributed by atoms with Crippen LogP contribution in [0.3, 0.4) is 0 Å². The number of carbonyl (C=O) groups excluding carboxylic acids is 1. The highest BCUT2D eigenvalue weighted by atomic mass is 32.1. The van der Waals surface area contributed by atoms with Gasteiger partial charge in [0.25, 0.3) is 5.91 Å². The van der Waals surface area contributed by atoms with Gasteiger partial charge in [-0.05, 0) is 23.6 Å². The lowest BCUT2D eigenvalue weighted by Crippen LogP contribution is -2.12. The van der Waals surface area contributed by atoms with Crippen molar-refractivity contribution in [2.24, 2.45) is 0 Å². The summed E-state index contributed by atoms with van der Waals surface area (Å²) in [5.74, 6) is 1.00. The number of nitrogen functional groups attached to an aromatic ring is 1. The summed E-state index contributed by atoms with van der Waals surface area (Å²) in [7, 11) is 4.56. The zero-order valence-electron chi connectivity index (χ0n) is 16.5. The summed E-state index contributed by atoms with van der Waals surface area (Å²) in [5.41, 5.74) is 8.03. The molecule has 3 N–H and O–H groups in total. The molecule has 1 aromatic carbocycles. The number of rotatable bonds is 6. The van der Waals surface area contributed by atoms with Crippen LogP contribution < -0.4 is 25.3 Å². The molecule has 4 rings (SSSR count). The minimum absolute atomic E-state index is 0.331. The highest BCUT2D eigenvalue weighted by molar-refractivity contribution is 7.21. The molecule has 0 atom stereocenters. The minimum atomic E-state index is -0.331. The number of benzene rings is 1. The van der Waals surface area contributed by atoms with Crippen LogP contribution in [-0.2, 0) is 0 Å². The summed E-state index contributed by atoms with van der Waals surface area (Å²) in [4.78, 5) is 19.8. The average Bonchev–Trinajstić information content (AvgIpc) is 3.41. The number of nitrogens with one attached hydrogen (secondary N) is 1. The molecule has 1 amide bonds. The highest BCUT2D eigenvalue weighted by Crippen LogP contribution is 2.41. The second kappa shape index (κ2) is 8.21. The minimum Gasteiger partial charge on any atom is -0.493 e. The number of nitrogens with two attached hydrogens (primary N) is 1. The average molecular weight is 442 g/mol. The number of thiophene rings is 2. The standard InChI is InChI=1S/C21H19N3O4S2/c1-26-14-9-11(10-15(27-2)18(14)28-3)23-20(25)19-17(22)12-6-7-13(24-21(12)30-19)16-5-4-8-29-16/h4-10H,22H2,1-3H3,(H,23,25). The fourth-order valence-corrected chi connectivity index (χ4v) is 4.75. The van der Waals surface area contributed by atoms with E-state index in [0.717, 1.165) is 16.0 Å². The van der Waals surface area contributed by atoms with E-state index in [1.807, 2.05) is 29.6 Å². The molecule has 4 aromatic rings. The zero-order chi connectivity index (χ0) is 21.3. The van der Waals surface area contributed by atoms with Crippen LogP contribution in [0, 0.1) is 0 Å². The molecule has 0 bridgehead atoms. The SMILES string of the molecule is COc1cc(NC(=O)c2sc3nc(-c4cccs4)ccc3c2N)cc(OC)c1OC. The van der Waals surface area contributed by atoms with Crippen LogP contribution in [0.1, 0.15) is 9.67 Å². The van der Waals surface area contributed by atoms with E-state index in [1.54, 1.807) is 23.5 Å². The number of ether oxygens (including phenoxy) is 3. The van der Waals surface area contributed by atoms with Crippen LogP contribution in [0.2, 0.25) is 0 Å². The van der Waals surface area contributed by atoms with E-state index >= 15 is 0 Å². The van der Waals surface area contributed by atoms with Crippen molar-refractivity contribution in [2.45, 2.75) is 0 Å². The molecule has 0 unspecified atom stereocenters. The van der Waals surface area contributed by atoms with Gasteiger partial charge in [0.15, 0.2) is 11.5 Å². The summed E-state index contributed by atoms with van der Waals surface area (Å²) < 4.78 is 16.0. The Balaban J connectivity index is 1.67. The maximum absolute atomic E-state index is 13.0. The molecule has 30 heavy (non-hydrogen) atoms. The van der Waals surface area contributed by atoms with Crippen LogP contribution in [0.4, 0.5) is 11.4 Å². The lowest BCUT2D eigenvalue weighted by Gasteiger charge is -2.14. The maximum Gasteiger partial charge on any atom is 0.267 e. The maximum atomic E-state index is 13.0. The lowest BCUT2D eigenvalue weighted by atomic mass is 10.2. The number of pyridine rings is 1. The van der Waals surface area contributed by atoms with Gasteiger partial charge in [0, 0.05) is 23.2 Å². The molecule has 0 aliphatic carbocycles. The van der Waals surface area contributed by atoms with Gasteiger partial charge >= 0.3 is 0 Å². The van der Waals surface area contributed by atoms with Crippen molar-refractivity contribution in [1.82, 2.24) is 4.98 Å². The Morgan fingerprint density at radius 1 is 1.07 bits per heavy atom. The van der Waals surface area contributed by atoms with Crippen LogP contribution in [0.25, 0.3) is 20.8 Å². The third-order valence-electron chi connectivity index (χ3n) is 4.50. The van der Waals surface area contributed by atoms with Crippen molar-refractivity contribution in [2.75, 3.05) is 32.4 Å². The van der Waals surface area contributed by atoms with E-state index in [9.17, 15) is 4.79 Å². The topological polar surface area (TPSA) is 95.7 Å². The van der Waals surface area contributed by atoms with Gasteiger partial charge in [0.05, 0.1) is 37.6 Å². The van der Waals surface area contributed by atoms with Gasteiger partial charge < -0.3 is 25.3 Å². The number of anilines is 2. The number of amides is 1. The number of aromatic nitrogens is 1. The molecule has 154 valence electrons. The second-order valence-electron chi connectivity index (χ2n) is 6.24.